The fourth-order valence-corrected chi connectivity index (χ4v) is 11.3. The highest BCUT2D eigenvalue weighted by Gasteiger charge is 2.27. The molecule has 0 rings (SSSR count). The van der Waals surface area contributed by atoms with E-state index in [2.05, 4.69) is 123 Å². The van der Waals surface area contributed by atoms with Gasteiger partial charge in [-0.3, -0.25) is 18.6 Å². The number of unbranched alkanes of at least 4 members (excludes halogenated alkanes) is 37. The molecule has 0 aromatic rings. The van der Waals surface area contributed by atoms with Crippen molar-refractivity contribution < 1.29 is 42.1 Å². The molecule has 2 unspecified atom stereocenters. The molecule has 1 N–H and O–H groups in total. The summed E-state index contributed by atoms with van der Waals surface area (Å²) < 4.78 is 34.8. The predicted octanol–water partition coefficient (Wildman–Crippen LogP) is 24.8. The maximum Gasteiger partial charge on any atom is 0.472 e. The summed E-state index contributed by atoms with van der Waals surface area (Å²) >= 11 is 0. The number of ether oxygens (including phenoxy) is 2. The van der Waals surface area contributed by atoms with Gasteiger partial charge in [-0.15, -0.1) is 0 Å². The van der Waals surface area contributed by atoms with Gasteiger partial charge in [0, 0.05) is 12.8 Å². The maximum absolute atomic E-state index is 12.9. The molecular formula is C80H143NO8P+. The Labute approximate surface area is 556 Å². The van der Waals surface area contributed by atoms with E-state index in [0.717, 1.165) is 96.3 Å². The second kappa shape index (κ2) is 70.0. The highest BCUT2D eigenvalue weighted by atomic mass is 31.2. The van der Waals surface area contributed by atoms with E-state index in [1.165, 1.54) is 205 Å². The van der Waals surface area contributed by atoms with Gasteiger partial charge in [-0.1, -0.05) is 348 Å². The van der Waals surface area contributed by atoms with Crippen LogP contribution in [0.4, 0.5) is 0 Å². The zero-order chi connectivity index (χ0) is 65.5. The Kier molecular flexibility index (Phi) is 67.4. The third kappa shape index (κ3) is 73.7. The maximum atomic E-state index is 12.9. The lowest BCUT2D eigenvalue weighted by Crippen LogP contribution is -2.37. The molecule has 0 amide bonds. The van der Waals surface area contributed by atoms with E-state index in [0.29, 0.717) is 23.9 Å². The van der Waals surface area contributed by atoms with Crippen molar-refractivity contribution >= 4 is 19.8 Å². The van der Waals surface area contributed by atoms with Gasteiger partial charge in [0.05, 0.1) is 27.7 Å². The molecule has 0 aliphatic rings. The summed E-state index contributed by atoms with van der Waals surface area (Å²) in [5, 5.41) is 0. The average Bonchev–Trinajstić information content (AvgIpc) is 3.62. The first-order chi connectivity index (χ1) is 44.0. The largest absolute Gasteiger partial charge is 0.472 e. The molecule has 0 fully saturated rings. The van der Waals surface area contributed by atoms with E-state index >= 15 is 0 Å². The van der Waals surface area contributed by atoms with Crippen LogP contribution in [0.25, 0.3) is 0 Å². The molecule has 0 aromatic carbocycles. The minimum absolute atomic E-state index is 0.0300. The number of likely N-dealkylation sites (N-methyl/N-ethyl adjacent to an activating group) is 1. The summed E-state index contributed by atoms with van der Waals surface area (Å²) in [6.45, 7) is 4.36. The molecule has 9 nitrogen and oxygen atoms in total. The van der Waals surface area contributed by atoms with Crippen molar-refractivity contribution in [3.05, 3.63) is 109 Å². The lowest BCUT2D eigenvalue weighted by Gasteiger charge is -2.24. The molecule has 0 aromatic heterocycles. The number of hydrogen-bond acceptors (Lipinski definition) is 7. The molecule has 2 atom stereocenters. The zero-order valence-corrected chi connectivity index (χ0v) is 60.2. The predicted molar refractivity (Wildman–Crippen MR) is 390 cm³/mol. The fourth-order valence-electron chi connectivity index (χ4n) is 10.6. The van der Waals surface area contributed by atoms with E-state index < -0.39 is 26.5 Å². The first-order valence-corrected chi connectivity index (χ1v) is 39.1. The van der Waals surface area contributed by atoms with Gasteiger partial charge in [0.1, 0.15) is 19.8 Å². The number of rotatable bonds is 69. The number of allylic oxidation sites excluding steroid dienone is 18. The summed E-state index contributed by atoms with van der Waals surface area (Å²) in [5.74, 6) is -0.787. The van der Waals surface area contributed by atoms with Crippen LogP contribution in [0.5, 0.6) is 0 Å². The highest BCUT2D eigenvalue weighted by molar-refractivity contribution is 7.47. The van der Waals surface area contributed by atoms with Crippen molar-refractivity contribution in [1.82, 2.24) is 0 Å². The minimum atomic E-state index is -4.40. The Morgan fingerprint density at radius 1 is 0.356 bits per heavy atom. The van der Waals surface area contributed by atoms with Crippen molar-refractivity contribution in [3.8, 4) is 0 Å². The topological polar surface area (TPSA) is 108 Å². The van der Waals surface area contributed by atoms with Crippen LogP contribution in [-0.2, 0) is 32.7 Å². The Hall–Kier alpha value is -3.33. The summed E-state index contributed by atoms with van der Waals surface area (Å²) in [4.78, 5) is 35.9. The van der Waals surface area contributed by atoms with Crippen LogP contribution in [0.1, 0.15) is 335 Å². The average molecular weight is 1280 g/mol. The molecule has 0 radical (unpaired) electrons. The zero-order valence-electron chi connectivity index (χ0n) is 59.4. The van der Waals surface area contributed by atoms with Crippen LogP contribution < -0.4 is 0 Å². The summed E-state index contributed by atoms with van der Waals surface area (Å²) in [7, 11) is 1.48. The molecule has 0 aliphatic heterocycles. The number of carbonyl (C=O) groups is 2. The normalized spacial score (nSPS) is 13.7. The van der Waals surface area contributed by atoms with Crippen molar-refractivity contribution in [2.45, 2.75) is 341 Å². The molecule has 90 heavy (non-hydrogen) atoms. The van der Waals surface area contributed by atoms with Crippen LogP contribution in [0.15, 0.2) is 109 Å². The molecule has 520 valence electrons. The molecule has 0 aliphatic carbocycles. The van der Waals surface area contributed by atoms with Crippen LogP contribution in [0, 0.1) is 0 Å². The Bertz CT molecular complexity index is 1890. The Morgan fingerprint density at radius 3 is 0.944 bits per heavy atom. The fraction of sp³-hybridized carbons (Fsp3) is 0.750. The molecule has 0 bridgehead atoms. The second-order valence-electron chi connectivity index (χ2n) is 26.3. The van der Waals surface area contributed by atoms with E-state index in [4.69, 9.17) is 18.5 Å². The van der Waals surface area contributed by atoms with Crippen LogP contribution in [0.3, 0.4) is 0 Å². The Balaban J connectivity index is 4.01. The van der Waals surface area contributed by atoms with E-state index in [-0.39, 0.29) is 25.6 Å². The standard InChI is InChI=1S/C80H142NO8P/c1-6-8-10-12-14-16-18-20-22-24-26-28-30-32-33-34-35-36-37-38-39-40-41-42-43-44-45-46-47-49-51-53-55-57-59-61-63-65-67-69-71-73-80(83)89-78(77-88-90(84,85)87-75-74-81(3,4)5)76-86-79(82)72-70-68-66-64-62-60-58-56-54-52-50-48-31-29-27-25-23-21-19-17-15-13-11-9-7-2/h8,10,14,16,20,22,26,28,32-33,35-36,38-39,41-42,44-45,78H,6-7,9,11-13,15,17-19,21,23-25,27,29-31,34,37,40,43,46-77H2,1-5H3/p+1/b10-8-,16-14-,22-20-,28-26-,33-32-,36-35-,39-38-,42-41-,45-44-. The quantitative estimate of drug-likeness (QED) is 0.0211. The van der Waals surface area contributed by atoms with Gasteiger partial charge in [-0.2, -0.15) is 0 Å². The summed E-state index contributed by atoms with van der Waals surface area (Å²) in [5.41, 5.74) is 0. The molecular weight excluding hydrogens is 1130 g/mol. The lowest BCUT2D eigenvalue weighted by atomic mass is 10.0. The third-order valence-corrected chi connectivity index (χ3v) is 17.3. The van der Waals surface area contributed by atoms with E-state index in [1.807, 2.05) is 21.1 Å². The number of phosphoric ester groups is 1. The second-order valence-corrected chi connectivity index (χ2v) is 27.8. The van der Waals surface area contributed by atoms with Crippen molar-refractivity contribution in [3.63, 3.8) is 0 Å². The lowest BCUT2D eigenvalue weighted by molar-refractivity contribution is -0.870. The summed E-state index contributed by atoms with van der Waals surface area (Å²) in [6, 6.07) is 0. The highest BCUT2D eigenvalue weighted by Crippen LogP contribution is 2.43. The van der Waals surface area contributed by atoms with Crippen molar-refractivity contribution in [1.29, 1.82) is 0 Å². The third-order valence-electron chi connectivity index (χ3n) is 16.3. The van der Waals surface area contributed by atoms with Crippen molar-refractivity contribution in [2.24, 2.45) is 0 Å². The number of nitrogens with zero attached hydrogens (tertiary/aromatic N) is 1. The SMILES string of the molecule is CC/C=C\C/C=C\C/C=C\C/C=C\C/C=C\C/C=C\C/C=C\C/C=C\C/C=C\CCCCCCCCCCCCCCCC(=O)OC(COC(=O)CCCCCCCCCCCCCCCCCCCCCCCCCCC)COP(=O)(O)OCC[N+](C)(C)C. The number of esters is 2. The van der Waals surface area contributed by atoms with Crippen LogP contribution in [0.2, 0.25) is 0 Å². The Morgan fingerprint density at radius 2 is 0.633 bits per heavy atom. The number of phosphoric acid groups is 1. The van der Waals surface area contributed by atoms with Gasteiger partial charge in [-0.05, 0) is 83.5 Å². The van der Waals surface area contributed by atoms with Gasteiger partial charge in [-0.25, -0.2) is 4.57 Å². The smallest absolute Gasteiger partial charge is 0.462 e. The van der Waals surface area contributed by atoms with E-state index in [1.54, 1.807) is 0 Å². The number of carbonyl (C=O) groups excluding carboxylic acids is 2. The van der Waals surface area contributed by atoms with Gasteiger partial charge in [0.15, 0.2) is 6.10 Å². The van der Waals surface area contributed by atoms with E-state index in [9.17, 15) is 19.0 Å². The molecule has 0 heterocycles. The summed E-state index contributed by atoms with van der Waals surface area (Å²) in [6.07, 6.45) is 99.2. The first-order valence-electron chi connectivity index (χ1n) is 37.6. The molecule has 10 heteroatoms. The van der Waals surface area contributed by atoms with Crippen molar-refractivity contribution in [2.75, 3.05) is 47.5 Å². The molecule has 0 saturated heterocycles. The van der Waals surface area contributed by atoms with Gasteiger partial charge >= 0.3 is 19.8 Å². The van der Waals surface area contributed by atoms with Crippen LogP contribution in [-0.4, -0.2) is 74.9 Å². The number of hydrogen-bond donors (Lipinski definition) is 1. The van der Waals surface area contributed by atoms with Gasteiger partial charge in [0.2, 0.25) is 0 Å². The monoisotopic (exact) mass is 1280 g/mol. The molecule has 0 saturated carbocycles. The van der Waals surface area contributed by atoms with Crippen LogP contribution >= 0.6 is 7.82 Å². The number of quaternary nitrogens is 1. The minimum Gasteiger partial charge on any atom is -0.462 e. The van der Waals surface area contributed by atoms with Gasteiger partial charge in [0.25, 0.3) is 0 Å². The first kappa shape index (κ1) is 86.7. The van der Waals surface area contributed by atoms with Gasteiger partial charge < -0.3 is 18.9 Å². The molecule has 0 spiro atoms.